The van der Waals surface area contributed by atoms with E-state index in [2.05, 4.69) is 42.5 Å². The Kier molecular flexibility index (Phi) is 4.54. The highest BCUT2D eigenvalue weighted by Crippen LogP contribution is 2.27. The highest BCUT2D eigenvalue weighted by molar-refractivity contribution is 6.76. The molecule has 5 heteroatoms. The quantitative estimate of drug-likeness (QED) is 0.616. The van der Waals surface area contributed by atoms with Crippen molar-refractivity contribution in [1.29, 1.82) is 0 Å². The summed E-state index contributed by atoms with van der Waals surface area (Å²) in [6.45, 7) is 9.29. The zero-order chi connectivity index (χ0) is 15.6. The summed E-state index contributed by atoms with van der Waals surface area (Å²) in [5, 5.41) is 1.18. The van der Waals surface area contributed by atoms with Crippen LogP contribution in [0, 0.1) is 0 Å². The van der Waals surface area contributed by atoms with Crippen molar-refractivity contribution in [2.24, 2.45) is 0 Å². The summed E-state index contributed by atoms with van der Waals surface area (Å²) in [5.41, 5.74) is 2.20. The van der Waals surface area contributed by atoms with Gasteiger partial charge in [-0.15, -0.1) is 0 Å². The molecule has 4 nitrogen and oxygen atoms in total. The van der Waals surface area contributed by atoms with E-state index in [0.717, 1.165) is 37.6 Å². The number of pyridine rings is 1. The maximum atomic E-state index is 5.85. The Morgan fingerprint density at radius 1 is 1.32 bits per heavy atom. The molecule has 3 rings (SSSR count). The lowest BCUT2D eigenvalue weighted by atomic mass is 10.1. The molecule has 22 heavy (non-hydrogen) atoms. The van der Waals surface area contributed by atoms with Gasteiger partial charge < -0.3 is 14.0 Å². The van der Waals surface area contributed by atoms with Crippen molar-refractivity contribution in [3.8, 4) is 5.88 Å². The van der Waals surface area contributed by atoms with Crippen molar-refractivity contribution < 1.29 is 9.47 Å². The van der Waals surface area contributed by atoms with Crippen LogP contribution in [0.3, 0.4) is 0 Å². The van der Waals surface area contributed by atoms with E-state index in [1.54, 1.807) is 0 Å². The molecule has 0 spiro atoms. The van der Waals surface area contributed by atoms with Crippen LogP contribution < -0.4 is 4.74 Å². The van der Waals surface area contributed by atoms with Gasteiger partial charge in [-0.3, -0.25) is 0 Å². The van der Waals surface area contributed by atoms with Crippen LogP contribution in [0.25, 0.3) is 11.0 Å². The largest absolute Gasteiger partial charge is 0.477 e. The van der Waals surface area contributed by atoms with E-state index in [4.69, 9.17) is 14.5 Å². The summed E-state index contributed by atoms with van der Waals surface area (Å²) in [7, 11) is -1.03. The lowest BCUT2D eigenvalue weighted by Gasteiger charge is -2.15. The first-order valence-corrected chi connectivity index (χ1v) is 11.9. The molecule has 0 unspecified atom stereocenters. The average Bonchev–Trinajstić information content (AvgIpc) is 2.69. The molecule has 0 aromatic carbocycles. The number of fused-ring (bicyclic) bond motifs is 2. The lowest BCUT2D eigenvalue weighted by molar-refractivity contribution is 0.0898. The second kappa shape index (κ2) is 6.42. The Morgan fingerprint density at radius 2 is 2.18 bits per heavy atom. The molecule has 0 radical (unpaired) electrons. The molecule has 1 aliphatic rings. The number of nitrogens with zero attached hydrogens (tertiary/aromatic N) is 2. The van der Waals surface area contributed by atoms with Gasteiger partial charge in [-0.2, -0.15) is 4.98 Å². The first-order valence-electron chi connectivity index (χ1n) is 8.22. The van der Waals surface area contributed by atoms with Crippen LogP contribution in [0.5, 0.6) is 5.88 Å². The predicted octanol–water partition coefficient (Wildman–Crippen LogP) is 4.06. The fraction of sp³-hybridized carbons (Fsp3) is 0.588. The summed E-state index contributed by atoms with van der Waals surface area (Å²) >= 11 is 0. The monoisotopic (exact) mass is 318 g/mol. The van der Waals surface area contributed by atoms with Gasteiger partial charge >= 0.3 is 0 Å². The van der Waals surface area contributed by atoms with Gasteiger partial charge in [-0.1, -0.05) is 19.6 Å². The number of aromatic nitrogens is 2. The van der Waals surface area contributed by atoms with Gasteiger partial charge in [-0.25, -0.2) is 0 Å². The SMILES string of the molecule is C[Si](C)(C)CCOCn1ccc2cc3c(nc21)OCCCC3. The van der Waals surface area contributed by atoms with Crippen molar-refractivity contribution in [1.82, 2.24) is 9.55 Å². The molecule has 2 aromatic heterocycles. The van der Waals surface area contributed by atoms with Gasteiger partial charge in [0.1, 0.15) is 12.4 Å². The van der Waals surface area contributed by atoms with Crippen molar-refractivity contribution >= 4 is 19.1 Å². The Morgan fingerprint density at radius 3 is 3.00 bits per heavy atom. The Hall–Kier alpha value is -1.33. The topological polar surface area (TPSA) is 36.3 Å². The summed E-state index contributed by atoms with van der Waals surface area (Å²) < 4.78 is 13.7. The smallest absolute Gasteiger partial charge is 0.218 e. The van der Waals surface area contributed by atoms with Crippen LogP contribution in [-0.4, -0.2) is 30.8 Å². The minimum atomic E-state index is -1.03. The van der Waals surface area contributed by atoms with Crippen molar-refractivity contribution in [2.45, 2.75) is 51.7 Å². The maximum absolute atomic E-state index is 5.85. The van der Waals surface area contributed by atoms with E-state index < -0.39 is 8.07 Å². The maximum Gasteiger partial charge on any atom is 0.218 e. The van der Waals surface area contributed by atoms with Crippen LogP contribution in [0.15, 0.2) is 18.3 Å². The molecule has 0 atom stereocenters. The van der Waals surface area contributed by atoms with Crippen LogP contribution in [0.4, 0.5) is 0 Å². The molecular formula is C17H26N2O2Si. The van der Waals surface area contributed by atoms with Crippen LogP contribution >= 0.6 is 0 Å². The van der Waals surface area contributed by atoms with Gasteiger partial charge in [0.25, 0.3) is 0 Å². The van der Waals surface area contributed by atoms with Gasteiger partial charge in [0.05, 0.1) is 6.61 Å². The number of ether oxygens (including phenoxy) is 2. The second-order valence-corrected chi connectivity index (χ2v) is 12.9. The molecule has 0 saturated carbocycles. The highest BCUT2D eigenvalue weighted by Gasteiger charge is 2.15. The van der Waals surface area contributed by atoms with Gasteiger partial charge in [-0.05, 0) is 37.4 Å². The number of aryl methyl sites for hydroxylation is 1. The highest BCUT2D eigenvalue weighted by atomic mass is 28.3. The minimum absolute atomic E-state index is 0.569. The molecule has 3 heterocycles. The molecule has 0 N–H and O–H groups in total. The third kappa shape index (κ3) is 3.70. The van der Waals surface area contributed by atoms with E-state index in [1.807, 2.05) is 0 Å². The molecule has 0 amide bonds. The molecule has 0 fully saturated rings. The van der Waals surface area contributed by atoms with Crippen molar-refractivity contribution in [2.75, 3.05) is 13.2 Å². The Bertz CT molecular complexity index is 646. The van der Waals surface area contributed by atoms with Crippen molar-refractivity contribution in [3.63, 3.8) is 0 Å². The fourth-order valence-corrected chi connectivity index (χ4v) is 3.43. The summed E-state index contributed by atoms with van der Waals surface area (Å²) in [4.78, 5) is 4.73. The minimum Gasteiger partial charge on any atom is -0.477 e. The zero-order valence-corrected chi connectivity index (χ0v) is 14.9. The second-order valence-electron chi connectivity index (χ2n) is 7.30. The van der Waals surface area contributed by atoms with Crippen LogP contribution in [0.2, 0.25) is 25.7 Å². The van der Waals surface area contributed by atoms with Crippen molar-refractivity contribution in [3.05, 3.63) is 23.9 Å². The molecule has 1 aliphatic heterocycles. The molecule has 2 aromatic rings. The normalized spacial score (nSPS) is 15.4. The van der Waals surface area contributed by atoms with E-state index in [-0.39, 0.29) is 0 Å². The zero-order valence-electron chi connectivity index (χ0n) is 13.9. The van der Waals surface area contributed by atoms with E-state index in [9.17, 15) is 0 Å². The molecular weight excluding hydrogens is 292 g/mol. The van der Waals surface area contributed by atoms with Crippen LogP contribution in [-0.2, 0) is 17.9 Å². The van der Waals surface area contributed by atoms with Gasteiger partial charge in [0.15, 0.2) is 0 Å². The summed E-state index contributed by atoms with van der Waals surface area (Å²) in [6, 6.07) is 5.54. The molecule has 120 valence electrons. The number of hydrogen-bond donors (Lipinski definition) is 0. The summed E-state index contributed by atoms with van der Waals surface area (Å²) in [6.07, 6.45) is 5.42. The molecule has 0 saturated heterocycles. The predicted molar refractivity (Wildman–Crippen MR) is 92.3 cm³/mol. The third-order valence-electron chi connectivity index (χ3n) is 4.08. The van der Waals surface area contributed by atoms with Gasteiger partial charge in [0, 0.05) is 31.8 Å². The first-order chi connectivity index (χ1) is 10.5. The molecule has 0 aliphatic carbocycles. The summed E-state index contributed by atoms with van der Waals surface area (Å²) in [5.74, 6) is 0.812. The lowest BCUT2D eigenvalue weighted by Crippen LogP contribution is -2.22. The number of hydrogen-bond acceptors (Lipinski definition) is 3. The van der Waals surface area contributed by atoms with E-state index in [0.29, 0.717) is 6.73 Å². The third-order valence-corrected chi connectivity index (χ3v) is 5.79. The fourth-order valence-electron chi connectivity index (χ4n) is 2.68. The van der Waals surface area contributed by atoms with Crippen LogP contribution in [0.1, 0.15) is 18.4 Å². The molecule has 0 bridgehead atoms. The Balaban J connectivity index is 1.72. The average molecular weight is 318 g/mol. The van der Waals surface area contributed by atoms with Gasteiger partial charge in [0.2, 0.25) is 5.88 Å². The van der Waals surface area contributed by atoms with E-state index >= 15 is 0 Å². The standard InChI is InChI=1S/C17H26N2O2Si/c1-22(2,3)11-10-20-13-19-8-7-14-12-15-6-4-5-9-21-17(15)18-16(14)19/h7-8,12H,4-6,9-11,13H2,1-3H3. The van der Waals surface area contributed by atoms with E-state index in [1.165, 1.54) is 23.4 Å². The first kappa shape index (κ1) is 15.6. The Labute approximate surface area is 133 Å². The number of rotatable bonds is 5.